The number of rotatable bonds is 2. The number of hydrogen-bond donors (Lipinski definition) is 2. The monoisotopic (exact) mass is 394 g/mol. The van der Waals surface area contributed by atoms with Crippen LogP contribution in [0.4, 0.5) is 4.39 Å². The van der Waals surface area contributed by atoms with E-state index in [0.717, 1.165) is 25.9 Å². The van der Waals surface area contributed by atoms with Gasteiger partial charge in [0.2, 0.25) is 0 Å². The summed E-state index contributed by atoms with van der Waals surface area (Å²) in [7, 11) is 0. The van der Waals surface area contributed by atoms with Crippen LogP contribution in [0.1, 0.15) is 35.3 Å². The minimum atomic E-state index is -0.331. The summed E-state index contributed by atoms with van der Waals surface area (Å²) in [4.78, 5) is 14.6. The number of nitrogens with zero attached hydrogens (tertiary/aromatic N) is 3. The summed E-state index contributed by atoms with van der Waals surface area (Å²) in [5.74, 6) is -0.731. The maximum atomic E-state index is 13.3. The number of hydrogen-bond acceptors (Lipinski definition) is 4. The van der Waals surface area contributed by atoms with Crippen molar-refractivity contribution in [2.24, 2.45) is 5.41 Å². The summed E-state index contributed by atoms with van der Waals surface area (Å²) >= 11 is 0. The zero-order valence-corrected chi connectivity index (χ0v) is 16.1. The Kier molecular flexibility index (Phi) is 5.44. The van der Waals surface area contributed by atoms with Crippen LogP contribution < -0.4 is 5.32 Å². The Balaban J connectivity index is 0.00000210. The van der Waals surface area contributed by atoms with E-state index in [1.807, 2.05) is 0 Å². The molecule has 1 spiro atoms. The lowest BCUT2D eigenvalue weighted by Crippen LogP contribution is -2.44. The number of likely N-dealkylation sites (tertiary alicyclic amines) is 1. The lowest BCUT2D eigenvalue weighted by molar-refractivity contribution is 0.0598. The molecule has 27 heavy (non-hydrogen) atoms. The molecule has 3 heterocycles. The fraction of sp³-hybridized carbons (Fsp3) is 0.474. The van der Waals surface area contributed by atoms with Gasteiger partial charge >= 0.3 is 0 Å². The minimum absolute atomic E-state index is 0. The Bertz CT molecular complexity index is 838. The first-order valence-electron chi connectivity index (χ1n) is 9.03. The number of halogens is 2. The van der Waals surface area contributed by atoms with Gasteiger partial charge in [-0.05, 0) is 61.9 Å². The summed E-state index contributed by atoms with van der Waals surface area (Å²) in [6, 6.07) is 4.32. The predicted molar refractivity (Wildman–Crippen MR) is 102 cm³/mol. The Hall–Kier alpha value is -2.12. The van der Waals surface area contributed by atoms with E-state index in [1.165, 1.54) is 29.4 Å². The first-order valence-corrected chi connectivity index (χ1v) is 9.03. The molecule has 4 rings (SSSR count). The van der Waals surface area contributed by atoms with Gasteiger partial charge in [0, 0.05) is 19.6 Å². The van der Waals surface area contributed by atoms with Crippen LogP contribution in [-0.2, 0) is 0 Å². The van der Waals surface area contributed by atoms with Crippen LogP contribution in [0.25, 0.3) is 5.69 Å². The van der Waals surface area contributed by atoms with E-state index in [4.69, 9.17) is 0 Å². The number of carbonyl (C=O) groups excluding carboxylic acids is 1. The first kappa shape index (κ1) is 19.6. The molecule has 0 atom stereocenters. The van der Waals surface area contributed by atoms with E-state index in [2.05, 4.69) is 10.4 Å². The molecule has 2 N–H and O–H groups in total. The van der Waals surface area contributed by atoms with Gasteiger partial charge in [0.25, 0.3) is 5.91 Å². The highest BCUT2D eigenvalue weighted by atomic mass is 35.5. The first-order chi connectivity index (χ1) is 12.5. The van der Waals surface area contributed by atoms with Crippen molar-refractivity contribution >= 4 is 18.3 Å². The number of aryl methyl sites for hydroxylation is 1. The van der Waals surface area contributed by atoms with Gasteiger partial charge in [0.05, 0.1) is 11.9 Å². The molecule has 0 radical (unpaired) electrons. The van der Waals surface area contributed by atoms with E-state index >= 15 is 0 Å². The van der Waals surface area contributed by atoms with Crippen molar-refractivity contribution in [3.05, 3.63) is 41.5 Å². The average molecular weight is 395 g/mol. The third kappa shape index (κ3) is 3.66. The van der Waals surface area contributed by atoms with Gasteiger partial charge in [-0.3, -0.25) is 4.79 Å². The van der Waals surface area contributed by atoms with Crippen molar-refractivity contribution in [3.63, 3.8) is 0 Å². The maximum absolute atomic E-state index is 13.3. The van der Waals surface area contributed by atoms with Gasteiger partial charge in [-0.2, -0.15) is 5.10 Å². The van der Waals surface area contributed by atoms with Crippen molar-refractivity contribution in [1.29, 1.82) is 0 Å². The average Bonchev–Trinajstić information content (AvgIpc) is 3.22. The van der Waals surface area contributed by atoms with Crippen molar-refractivity contribution in [3.8, 4) is 11.4 Å². The Morgan fingerprint density at radius 2 is 2.04 bits per heavy atom. The van der Waals surface area contributed by atoms with Gasteiger partial charge in [-0.25, -0.2) is 9.07 Å². The topological polar surface area (TPSA) is 70.4 Å². The Morgan fingerprint density at radius 1 is 1.30 bits per heavy atom. The molecule has 1 amide bonds. The number of aromatic hydroxyl groups is 1. The number of aromatic nitrogens is 2. The third-order valence-corrected chi connectivity index (χ3v) is 5.75. The molecule has 1 aromatic heterocycles. The number of piperidine rings is 1. The summed E-state index contributed by atoms with van der Waals surface area (Å²) in [5.41, 5.74) is 1.69. The van der Waals surface area contributed by atoms with Crippen molar-refractivity contribution in [2.45, 2.75) is 26.2 Å². The highest BCUT2D eigenvalue weighted by Gasteiger charge is 2.38. The predicted octanol–water partition coefficient (Wildman–Crippen LogP) is 2.66. The van der Waals surface area contributed by atoms with Gasteiger partial charge in [-0.15, -0.1) is 12.4 Å². The molecule has 8 heteroatoms. The summed E-state index contributed by atoms with van der Waals surface area (Å²) in [5, 5.41) is 17.9. The molecule has 6 nitrogen and oxygen atoms in total. The Morgan fingerprint density at radius 3 is 2.67 bits per heavy atom. The van der Waals surface area contributed by atoms with Crippen LogP contribution in [0.5, 0.6) is 5.75 Å². The summed E-state index contributed by atoms with van der Waals surface area (Å²) in [6.45, 7) is 5.21. The number of benzene rings is 1. The number of carbonyl (C=O) groups is 1. The lowest BCUT2D eigenvalue weighted by atomic mass is 9.78. The van der Waals surface area contributed by atoms with Gasteiger partial charge in [0.15, 0.2) is 11.4 Å². The van der Waals surface area contributed by atoms with Gasteiger partial charge < -0.3 is 15.3 Å². The van der Waals surface area contributed by atoms with Gasteiger partial charge in [0.1, 0.15) is 5.82 Å². The lowest BCUT2D eigenvalue weighted by Gasteiger charge is -2.38. The van der Waals surface area contributed by atoms with Crippen LogP contribution in [0.2, 0.25) is 0 Å². The van der Waals surface area contributed by atoms with Crippen molar-refractivity contribution in [2.75, 3.05) is 26.2 Å². The fourth-order valence-corrected chi connectivity index (χ4v) is 4.07. The quantitative estimate of drug-likeness (QED) is 0.821. The van der Waals surface area contributed by atoms with Crippen LogP contribution in [0.3, 0.4) is 0 Å². The van der Waals surface area contributed by atoms with E-state index in [-0.39, 0.29) is 35.6 Å². The molecule has 1 aromatic carbocycles. The zero-order valence-electron chi connectivity index (χ0n) is 15.2. The largest absolute Gasteiger partial charge is 0.504 e. The molecular weight excluding hydrogens is 371 g/mol. The molecule has 2 aliphatic heterocycles. The van der Waals surface area contributed by atoms with E-state index in [1.54, 1.807) is 17.9 Å². The molecule has 0 saturated carbocycles. The maximum Gasteiger partial charge on any atom is 0.278 e. The summed E-state index contributed by atoms with van der Waals surface area (Å²) in [6.07, 6.45) is 4.52. The zero-order chi connectivity index (χ0) is 18.3. The second-order valence-electron chi connectivity index (χ2n) is 7.46. The standard InChI is InChI=1S/C19H23FN4O2.ClH/c1-13-10-14(20)2-3-15(13)24-11-16(25)17(22-24)18(26)23-8-5-19(6-9-23)4-7-21-12-19;/h2-3,10-11,21,25H,4-9,12H2,1H3;1H. The smallest absolute Gasteiger partial charge is 0.278 e. The van der Waals surface area contributed by atoms with Crippen LogP contribution >= 0.6 is 12.4 Å². The molecular formula is C19H24ClFN4O2. The summed E-state index contributed by atoms with van der Waals surface area (Å²) < 4.78 is 14.7. The third-order valence-electron chi connectivity index (χ3n) is 5.75. The second kappa shape index (κ2) is 7.48. The minimum Gasteiger partial charge on any atom is -0.504 e. The van der Waals surface area contributed by atoms with Crippen LogP contribution in [0.15, 0.2) is 24.4 Å². The van der Waals surface area contributed by atoms with Crippen LogP contribution in [0, 0.1) is 18.2 Å². The SMILES string of the molecule is Cc1cc(F)ccc1-n1cc(O)c(C(=O)N2CCC3(CCNC3)CC2)n1.Cl. The van der Waals surface area contributed by atoms with Crippen LogP contribution in [-0.4, -0.2) is 51.9 Å². The normalized spacial score (nSPS) is 18.5. The van der Waals surface area contributed by atoms with Crippen molar-refractivity contribution < 1.29 is 14.3 Å². The fourth-order valence-electron chi connectivity index (χ4n) is 4.07. The second-order valence-corrected chi connectivity index (χ2v) is 7.46. The van der Waals surface area contributed by atoms with E-state index < -0.39 is 0 Å². The molecule has 0 aliphatic carbocycles. The van der Waals surface area contributed by atoms with E-state index in [0.29, 0.717) is 29.8 Å². The Labute approximate surface area is 163 Å². The molecule has 2 aliphatic rings. The molecule has 146 valence electrons. The molecule has 2 aromatic rings. The molecule has 0 bridgehead atoms. The van der Waals surface area contributed by atoms with Gasteiger partial charge in [-0.1, -0.05) is 0 Å². The number of amides is 1. The highest BCUT2D eigenvalue weighted by Crippen LogP contribution is 2.37. The van der Waals surface area contributed by atoms with Crippen molar-refractivity contribution in [1.82, 2.24) is 20.0 Å². The number of nitrogens with one attached hydrogen (secondary N) is 1. The molecule has 0 unspecified atom stereocenters. The molecule has 2 saturated heterocycles. The molecule has 2 fully saturated rings. The van der Waals surface area contributed by atoms with E-state index in [9.17, 15) is 14.3 Å². The highest BCUT2D eigenvalue weighted by molar-refractivity contribution is 5.95.